The molecule has 0 aliphatic carbocycles. The molecule has 86 valence electrons. The number of nitrogens with one attached hydrogen (secondary N) is 1. The molecule has 0 saturated carbocycles. The molecule has 0 aliphatic rings. The molecule has 1 amide bonds. The fourth-order valence-corrected chi connectivity index (χ4v) is 1.69. The van der Waals surface area contributed by atoms with Crippen LogP contribution in [-0.4, -0.2) is 46.2 Å². The second-order valence-corrected chi connectivity index (χ2v) is 3.86. The van der Waals surface area contributed by atoms with Gasteiger partial charge in [0.1, 0.15) is 6.04 Å². The normalized spacial score (nSPS) is 12.7. The molecule has 3 N–H and O–H groups in total. The third-order valence-electron chi connectivity index (χ3n) is 1.45. The number of carboxylic acids is 1. The van der Waals surface area contributed by atoms with Crippen molar-refractivity contribution in [3.63, 3.8) is 0 Å². The molecule has 0 aliphatic heterocycles. The molecule has 1 atom stereocenters. The van der Waals surface area contributed by atoms with Crippen LogP contribution in [0.2, 0.25) is 0 Å². The first-order chi connectivity index (χ1) is 7.07. The van der Waals surface area contributed by atoms with Crippen molar-refractivity contribution >= 4 is 23.6 Å². The van der Waals surface area contributed by atoms with Gasteiger partial charge in [-0.15, -0.1) is 0 Å². The summed E-state index contributed by atoms with van der Waals surface area (Å²) in [4.78, 5) is 21.3. The summed E-state index contributed by atoms with van der Waals surface area (Å²) in [5.41, 5.74) is 0. The quantitative estimate of drug-likeness (QED) is 0.421. The van der Waals surface area contributed by atoms with Gasteiger partial charge in [0.15, 0.2) is 0 Å². The largest absolute Gasteiger partial charge is 0.480 e. The van der Waals surface area contributed by atoms with Crippen LogP contribution >= 0.6 is 11.8 Å². The lowest BCUT2D eigenvalue weighted by Gasteiger charge is -2.11. The maximum atomic E-state index is 10.7. The summed E-state index contributed by atoms with van der Waals surface area (Å²) >= 11 is 1.38. The second-order valence-electron chi connectivity index (χ2n) is 2.78. The average molecular weight is 233 g/mol. The molecular weight excluding hydrogens is 218 g/mol. The summed E-state index contributed by atoms with van der Waals surface area (Å²) in [5.74, 6) is -0.466. The first kappa shape index (κ1) is 14.0. The smallest absolute Gasteiger partial charge is 0.327 e. The fourth-order valence-electron chi connectivity index (χ4n) is 0.817. The Morgan fingerprint density at radius 3 is 2.60 bits per heavy atom. The molecule has 0 fully saturated rings. The molecule has 5 nitrogen and oxygen atoms in total. The van der Waals surface area contributed by atoms with E-state index < -0.39 is 12.0 Å². The van der Waals surface area contributed by atoms with E-state index in [1.165, 1.54) is 18.7 Å². The van der Waals surface area contributed by atoms with Crippen molar-refractivity contribution in [3.05, 3.63) is 12.2 Å². The number of aliphatic hydroxyl groups excluding tert-OH is 1. The van der Waals surface area contributed by atoms with Crippen LogP contribution in [-0.2, 0) is 9.59 Å². The Hall–Kier alpha value is -1.01. The van der Waals surface area contributed by atoms with Crippen LogP contribution in [0, 0.1) is 0 Å². The minimum atomic E-state index is -1.04. The first-order valence-corrected chi connectivity index (χ1v) is 5.57. The minimum absolute atomic E-state index is 0.0192. The third kappa shape index (κ3) is 8.02. The monoisotopic (exact) mass is 233 g/mol. The number of aliphatic hydroxyl groups is 1. The second kappa shape index (κ2) is 8.31. The van der Waals surface area contributed by atoms with Gasteiger partial charge in [-0.2, -0.15) is 11.8 Å². The lowest BCUT2D eigenvalue weighted by molar-refractivity contribution is -0.140. The maximum absolute atomic E-state index is 10.7. The molecule has 0 aromatic heterocycles. The average Bonchev–Trinajstić information content (AvgIpc) is 2.15. The zero-order chi connectivity index (χ0) is 11.7. The number of amides is 1. The van der Waals surface area contributed by atoms with E-state index in [4.69, 9.17) is 10.2 Å². The molecule has 0 rings (SSSR count). The number of carbonyl (C=O) groups is 2. The van der Waals surface area contributed by atoms with Crippen LogP contribution in [0.25, 0.3) is 0 Å². The van der Waals surface area contributed by atoms with Gasteiger partial charge in [-0.3, -0.25) is 4.79 Å². The van der Waals surface area contributed by atoms with E-state index in [9.17, 15) is 9.59 Å². The van der Waals surface area contributed by atoms with Gasteiger partial charge >= 0.3 is 5.97 Å². The Labute approximate surface area is 92.6 Å². The van der Waals surface area contributed by atoms with Crippen molar-refractivity contribution in [2.75, 3.05) is 18.1 Å². The van der Waals surface area contributed by atoms with E-state index in [1.807, 2.05) is 0 Å². The molecule has 6 heteroatoms. The number of hydrogen-bond donors (Lipinski definition) is 3. The number of thioether (sulfide) groups is 1. The third-order valence-corrected chi connectivity index (χ3v) is 2.44. The van der Waals surface area contributed by atoms with Gasteiger partial charge in [0.25, 0.3) is 0 Å². The molecule has 0 bridgehead atoms. The first-order valence-electron chi connectivity index (χ1n) is 4.41. The summed E-state index contributed by atoms with van der Waals surface area (Å²) in [6.45, 7) is 1.26. The zero-order valence-electron chi connectivity index (χ0n) is 8.47. The predicted octanol–water partition coefficient (Wildman–Crippen LogP) is -0.143. The lowest BCUT2D eigenvalue weighted by atomic mass is 10.3. The number of hydrogen-bond acceptors (Lipinski definition) is 4. The lowest BCUT2D eigenvalue weighted by Crippen LogP contribution is -2.41. The standard InChI is InChI=1S/C9H15NO4S/c1-7(12)10-8(9(13)14)6-15-5-3-2-4-11/h2-3,8,11H,4-6H2,1H3,(H,10,12)(H,13,14)/b3-2+. The highest BCUT2D eigenvalue weighted by Gasteiger charge is 2.17. The van der Waals surface area contributed by atoms with E-state index in [-0.39, 0.29) is 12.5 Å². The van der Waals surface area contributed by atoms with Gasteiger partial charge in [-0.1, -0.05) is 12.2 Å². The summed E-state index contributed by atoms with van der Waals surface area (Å²) in [6.07, 6.45) is 3.33. The highest BCUT2D eigenvalue weighted by molar-refractivity contribution is 7.99. The Balaban J connectivity index is 3.81. The van der Waals surface area contributed by atoms with E-state index in [1.54, 1.807) is 12.2 Å². The molecular formula is C9H15NO4S. The molecule has 0 saturated heterocycles. The van der Waals surface area contributed by atoms with Gasteiger partial charge in [-0.05, 0) is 0 Å². The van der Waals surface area contributed by atoms with Gasteiger partial charge in [0.05, 0.1) is 6.61 Å². The van der Waals surface area contributed by atoms with Crippen molar-refractivity contribution in [3.8, 4) is 0 Å². The summed E-state index contributed by atoms with van der Waals surface area (Å²) in [5, 5.41) is 19.5. The van der Waals surface area contributed by atoms with Crippen LogP contribution < -0.4 is 5.32 Å². The van der Waals surface area contributed by atoms with Gasteiger partial charge < -0.3 is 15.5 Å². The predicted molar refractivity (Wildman–Crippen MR) is 58.8 cm³/mol. The molecule has 0 heterocycles. The topological polar surface area (TPSA) is 86.6 Å². The Morgan fingerprint density at radius 2 is 2.13 bits per heavy atom. The van der Waals surface area contributed by atoms with Gasteiger partial charge in [0, 0.05) is 18.4 Å². The highest BCUT2D eigenvalue weighted by atomic mass is 32.2. The summed E-state index contributed by atoms with van der Waals surface area (Å²) < 4.78 is 0. The minimum Gasteiger partial charge on any atom is -0.480 e. The molecule has 1 unspecified atom stereocenters. The number of aliphatic carboxylic acids is 1. The van der Waals surface area contributed by atoms with Gasteiger partial charge in [0.2, 0.25) is 5.91 Å². The number of carboxylic acid groups (broad SMARTS) is 1. The van der Waals surface area contributed by atoms with Crippen molar-refractivity contribution in [2.24, 2.45) is 0 Å². The number of carbonyl (C=O) groups excluding carboxylic acids is 1. The van der Waals surface area contributed by atoms with Crippen molar-refractivity contribution in [2.45, 2.75) is 13.0 Å². The highest BCUT2D eigenvalue weighted by Crippen LogP contribution is 2.03. The van der Waals surface area contributed by atoms with Crippen LogP contribution in [0.3, 0.4) is 0 Å². The summed E-state index contributed by atoms with van der Waals surface area (Å²) in [7, 11) is 0. The van der Waals surface area contributed by atoms with E-state index in [2.05, 4.69) is 5.32 Å². The van der Waals surface area contributed by atoms with Crippen LogP contribution in [0.4, 0.5) is 0 Å². The van der Waals surface area contributed by atoms with E-state index in [0.717, 1.165) is 0 Å². The SMILES string of the molecule is CC(=O)NC(CSC/C=C/CO)C(=O)O. The summed E-state index contributed by atoms with van der Waals surface area (Å²) in [6, 6.07) is -0.852. The van der Waals surface area contributed by atoms with E-state index in [0.29, 0.717) is 11.5 Å². The van der Waals surface area contributed by atoms with Crippen LogP contribution in [0.1, 0.15) is 6.92 Å². The Kier molecular flexibility index (Phi) is 7.75. The van der Waals surface area contributed by atoms with E-state index >= 15 is 0 Å². The Morgan fingerprint density at radius 1 is 1.47 bits per heavy atom. The molecule has 0 radical (unpaired) electrons. The fraction of sp³-hybridized carbons (Fsp3) is 0.556. The molecule has 15 heavy (non-hydrogen) atoms. The van der Waals surface area contributed by atoms with Crippen molar-refractivity contribution < 1.29 is 19.8 Å². The molecule has 0 aromatic rings. The van der Waals surface area contributed by atoms with Crippen LogP contribution in [0.15, 0.2) is 12.2 Å². The maximum Gasteiger partial charge on any atom is 0.327 e. The van der Waals surface area contributed by atoms with Gasteiger partial charge in [-0.25, -0.2) is 4.79 Å². The van der Waals surface area contributed by atoms with Crippen LogP contribution in [0.5, 0.6) is 0 Å². The zero-order valence-corrected chi connectivity index (χ0v) is 9.29. The molecule has 0 spiro atoms. The Bertz CT molecular complexity index is 242. The number of rotatable bonds is 7. The molecule has 0 aromatic carbocycles. The van der Waals surface area contributed by atoms with Crippen molar-refractivity contribution in [1.82, 2.24) is 5.32 Å². The van der Waals surface area contributed by atoms with Crippen molar-refractivity contribution in [1.29, 1.82) is 0 Å².